The largest absolute Gasteiger partial charge is 0.343 e. The molecule has 0 aliphatic rings. The topological polar surface area (TPSA) is 128 Å². The Labute approximate surface area is 205 Å². The Morgan fingerprint density at radius 2 is 1.54 bits per heavy atom. The van der Waals surface area contributed by atoms with Gasteiger partial charge in [-0.15, -0.1) is 0 Å². The molecule has 9 heteroatoms. The maximum Gasteiger partial charge on any atom is 0.251 e. The predicted molar refractivity (Wildman–Crippen MR) is 134 cm³/mol. The van der Waals surface area contributed by atoms with Gasteiger partial charge in [0.15, 0.2) is 0 Å². The fourth-order valence-corrected chi connectivity index (χ4v) is 4.94. The summed E-state index contributed by atoms with van der Waals surface area (Å²) in [7, 11) is -3.76. The van der Waals surface area contributed by atoms with Gasteiger partial charge in [-0.25, -0.2) is 13.1 Å². The Hall–Kier alpha value is -4.00. The van der Waals surface area contributed by atoms with Crippen LogP contribution in [0.15, 0.2) is 77.7 Å². The summed E-state index contributed by atoms with van der Waals surface area (Å²) in [6.07, 6.45) is 0. The van der Waals surface area contributed by atoms with Crippen molar-refractivity contribution >= 4 is 27.5 Å². The van der Waals surface area contributed by atoms with E-state index in [9.17, 15) is 18.0 Å². The second-order valence-electron chi connectivity index (χ2n) is 8.85. The normalized spacial score (nSPS) is 11.4. The molecule has 0 saturated heterocycles. The predicted octanol–water partition coefficient (Wildman–Crippen LogP) is 3.67. The van der Waals surface area contributed by atoms with Crippen molar-refractivity contribution < 1.29 is 18.0 Å². The summed E-state index contributed by atoms with van der Waals surface area (Å²) >= 11 is 0. The molecule has 0 saturated carbocycles. The average Bonchev–Trinajstić information content (AvgIpc) is 2.81. The van der Waals surface area contributed by atoms with Crippen LogP contribution in [0.25, 0.3) is 11.1 Å². The van der Waals surface area contributed by atoms with Crippen LogP contribution in [0.4, 0.5) is 5.69 Å². The standard InChI is InChI=1S/C26H26N4O4S/c1-26(2,3)30-35(33,34)23-7-5-4-6-22(23)19-10-12-20(13-11-19)25(32)28-17-24(31)29-21-14-8-18(16-27)9-15-21/h4-15,30H,17H2,1-3H3,(H,28,32)(H,29,31). The molecule has 0 radical (unpaired) electrons. The fourth-order valence-electron chi connectivity index (χ4n) is 3.29. The van der Waals surface area contributed by atoms with Crippen molar-refractivity contribution in [3.8, 4) is 17.2 Å². The van der Waals surface area contributed by atoms with E-state index in [1.54, 1.807) is 87.5 Å². The van der Waals surface area contributed by atoms with Crippen molar-refractivity contribution in [2.24, 2.45) is 0 Å². The highest BCUT2D eigenvalue weighted by molar-refractivity contribution is 7.89. The lowest BCUT2D eigenvalue weighted by molar-refractivity contribution is -0.115. The molecule has 0 aliphatic carbocycles. The van der Waals surface area contributed by atoms with Crippen LogP contribution in [0.2, 0.25) is 0 Å². The van der Waals surface area contributed by atoms with Crippen LogP contribution >= 0.6 is 0 Å². The second kappa shape index (κ2) is 10.5. The van der Waals surface area contributed by atoms with Crippen LogP contribution in [0.5, 0.6) is 0 Å². The highest BCUT2D eigenvalue weighted by Gasteiger charge is 2.24. The van der Waals surface area contributed by atoms with Gasteiger partial charge in [-0.05, 0) is 68.8 Å². The van der Waals surface area contributed by atoms with Crippen molar-refractivity contribution in [2.45, 2.75) is 31.2 Å². The van der Waals surface area contributed by atoms with E-state index < -0.39 is 27.4 Å². The van der Waals surface area contributed by atoms with Crippen molar-refractivity contribution in [1.29, 1.82) is 5.26 Å². The molecule has 3 N–H and O–H groups in total. The van der Waals surface area contributed by atoms with Gasteiger partial charge in [-0.3, -0.25) is 9.59 Å². The summed E-state index contributed by atoms with van der Waals surface area (Å²) in [6, 6.07) is 21.5. The Kier molecular flexibility index (Phi) is 7.69. The minimum absolute atomic E-state index is 0.145. The van der Waals surface area contributed by atoms with Gasteiger partial charge >= 0.3 is 0 Å². The molecule has 0 unspecified atom stereocenters. The average molecular weight is 491 g/mol. The molecular weight excluding hydrogens is 464 g/mol. The molecule has 0 fully saturated rings. The van der Waals surface area contributed by atoms with Crippen LogP contribution < -0.4 is 15.4 Å². The van der Waals surface area contributed by atoms with Crippen LogP contribution in [0, 0.1) is 11.3 Å². The molecule has 0 atom stereocenters. The van der Waals surface area contributed by atoms with Gasteiger partial charge in [0.25, 0.3) is 5.91 Å². The van der Waals surface area contributed by atoms with Gasteiger partial charge < -0.3 is 10.6 Å². The third kappa shape index (κ3) is 6.99. The van der Waals surface area contributed by atoms with Crippen molar-refractivity contribution in [2.75, 3.05) is 11.9 Å². The van der Waals surface area contributed by atoms with Gasteiger partial charge in [-0.1, -0.05) is 30.3 Å². The third-order valence-electron chi connectivity index (χ3n) is 4.78. The van der Waals surface area contributed by atoms with E-state index in [1.807, 2.05) is 6.07 Å². The lowest BCUT2D eigenvalue weighted by atomic mass is 10.0. The summed E-state index contributed by atoms with van der Waals surface area (Å²) in [5.41, 5.74) is 1.83. The Morgan fingerprint density at radius 1 is 0.914 bits per heavy atom. The first-order valence-electron chi connectivity index (χ1n) is 10.8. The molecule has 0 heterocycles. The number of amides is 2. The number of nitriles is 1. The highest BCUT2D eigenvalue weighted by atomic mass is 32.2. The fraction of sp³-hybridized carbons (Fsp3) is 0.192. The molecule has 35 heavy (non-hydrogen) atoms. The van der Waals surface area contributed by atoms with E-state index >= 15 is 0 Å². The summed E-state index contributed by atoms with van der Waals surface area (Å²) in [5.74, 6) is -0.855. The molecule has 180 valence electrons. The third-order valence-corrected chi connectivity index (χ3v) is 6.60. The van der Waals surface area contributed by atoms with E-state index in [2.05, 4.69) is 15.4 Å². The number of carbonyl (C=O) groups is 2. The summed E-state index contributed by atoms with van der Waals surface area (Å²) in [6.45, 7) is 5.07. The lowest BCUT2D eigenvalue weighted by Crippen LogP contribution is -2.40. The molecule has 3 aromatic rings. The molecule has 0 aromatic heterocycles. The molecular formula is C26H26N4O4S. The summed E-state index contributed by atoms with van der Waals surface area (Å²) in [4.78, 5) is 24.7. The molecule has 3 rings (SSSR count). The highest BCUT2D eigenvalue weighted by Crippen LogP contribution is 2.28. The molecule has 0 aliphatic heterocycles. The smallest absolute Gasteiger partial charge is 0.251 e. The number of carbonyl (C=O) groups excluding carboxylic acids is 2. The van der Waals surface area contributed by atoms with E-state index in [4.69, 9.17) is 5.26 Å². The first-order valence-corrected chi connectivity index (χ1v) is 12.3. The maximum absolute atomic E-state index is 12.9. The van der Waals surface area contributed by atoms with E-state index in [1.165, 1.54) is 6.07 Å². The number of anilines is 1. The minimum Gasteiger partial charge on any atom is -0.343 e. The molecule has 0 bridgehead atoms. The second-order valence-corrected chi connectivity index (χ2v) is 10.5. The monoisotopic (exact) mass is 490 g/mol. The number of benzene rings is 3. The quantitative estimate of drug-likeness (QED) is 0.466. The van der Waals surface area contributed by atoms with Crippen molar-refractivity contribution in [1.82, 2.24) is 10.0 Å². The van der Waals surface area contributed by atoms with E-state index in [0.29, 0.717) is 27.9 Å². The van der Waals surface area contributed by atoms with Crippen LogP contribution in [0.1, 0.15) is 36.7 Å². The van der Waals surface area contributed by atoms with Gasteiger partial charge in [0.05, 0.1) is 23.1 Å². The van der Waals surface area contributed by atoms with Gasteiger partial charge in [-0.2, -0.15) is 5.26 Å². The summed E-state index contributed by atoms with van der Waals surface area (Å²) < 4.78 is 28.5. The minimum atomic E-state index is -3.76. The van der Waals surface area contributed by atoms with Crippen LogP contribution in [-0.4, -0.2) is 32.3 Å². The van der Waals surface area contributed by atoms with Gasteiger partial charge in [0.1, 0.15) is 0 Å². The zero-order chi connectivity index (χ0) is 25.6. The Morgan fingerprint density at radius 3 is 2.14 bits per heavy atom. The van der Waals surface area contributed by atoms with Crippen LogP contribution in [0.3, 0.4) is 0 Å². The molecule has 0 spiro atoms. The maximum atomic E-state index is 12.9. The van der Waals surface area contributed by atoms with Crippen molar-refractivity contribution in [3.05, 3.63) is 83.9 Å². The number of nitrogens with zero attached hydrogens (tertiary/aromatic N) is 1. The van der Waals surface area contributed by atoms with Gasteiger partial charge in [0.2, 0.25) is 15.9 Å². The zero-order valence-electron chi connectivity index (χ0n) is 19.6. The lowest BCUT2D eigenvalue weighted by Gasteiger charge is -2.21. The number of hydrogen-bond donors (Lipinski definition) is 3. The molecule has 3 aromatic carbocycles. The number of nitrogens with one attached hydrogen (secondary N) is 3. The first kappa shape index (κ1) is 25.6. The number of hydrogen-bond acceptors (Lipinski definition) is 5. The van der Waals surface area contributed by atoms with E-state index in [0.717, 1.165) is 0 Å². The molecule has 2 amide bonds. The SMILES string of the molecule is CC(C)(C)NS(=O)(=O)c1ccccc1-c1ccc(C(=O)NCC(=O)Nc2ccc(C#N)cc2)cc1. The number of sulfonamides is 1. The first-order chi connectivity index (χ1) is 16.5. The summed E-state index contributed by atoms with van der Waals surface area (Å²) in [5, 5.41) is 14.0. The number of rotatable bonds is 7. The van der Waals surface area contributed by atoms with E-state index in [-0.39, 0.29) is 11.4 Å². The van der Waals surface area contributed by atoms with Crippen LogP contribution in [-0.2, 0) is 14.8 Å². The Balaban J connectivity index is 1.68. The zero-order valence-corrected chi connectivity index (χ0v) is 20.4. The van der Waals surface area contributed by atoms with Gasteiger partial charge in [0, 0.05) is 22.4 Å². The van der Waals surface area contributed by atoms with Crippen molar-refractivity contribution in [3.63, 3.8) is 0 Å². The Bertz CT molecular complexity index is 1370. The molecule has 8 nitrogen and oxygen atoms in total.